The molecule has 1 aliphatic heterocycles. The van der Waals surface area contributed by atoms with Crippen molar-refractivity contribution in [2.75, 3.05) is 6.61 Å². The van der Waals surface area contributed by atoms with Crippen molar-refractivity contribution in [3.05, 3.63) is 28.8 Å². The molecule has 0 spiro atoms. The van der Waals surface area contributed by atoms with Crippen molar-refractivity contribution in [3.63, 3.8) is 0 Å². The molecule has 0 aliphatic carbocycles. The van der Waals surface area contributed by atoms with E-state index in [1.807, 2.05) is 32.0 Å². The Morgan fingerprint density at radius 2 is 2.08 bits per heavy atom. The van der Waals surface area contributed by atoms with E-state index in [0.717, 1.165) is 23.8 Å². The molecule has 0 fully saturated rings. The standard InChI is InChI=1S/C8H7ClO.C2H6/c9-7-1-2-8-6(5-7)3-4-10-8;1-2/h1-2,5H,3-4H2;1-2H3. The highest BCUT2D eigenvalue weighted by Gasteiger charge is 2.10. The molecule has 0 atom stereocenters. The van der Waals surface area contributed by atoms with Gasteiger partial charge in [0.15, 0.2) is 0 Å². The Morgan fingerprint density at radius 3 is 2.83 bits per heavy atom. The minimum Gasteiger partial charge on any atom is -0.493 e. The summed E-state index contributed by atoms with van der Waals surface area (Å²) < 4.78 is 5.29. The molecule has 0 amide bonds. The predicted octanol–water partition coefficient (Wildman–Crippen LogP) is 3.30. The molecule has 12 heavy (non-hydrogen) atoms. The van der Waals surface area contributed by atoms with Gasteiger partial charge in [-0.2, -0.15) is 0 Å². The molecule has 66 valence electrons. The Kier molecular flexibility index (Phi) is 3.42. The first-order valence-corrected chi connectivity index (χ1v) is 4.65. The summed E-state index contributed by atoms with van der Waals surface area (Å²) in [6.07, 6.45) is 0.996. The number of fused-ring (bicyclic) bond motifs is 1. The molecule has 0 unspecified atom stereocenters. The van der Waals surface area contributed by atoms with Gasteiger partial charge in [-0.1, -0.05) is 25.4 Å². The topological polar surface area (TPSA) is 9.23 Å². The highest BCUT2D eigenvalue weighted by atomic mass is 35.5. The number of rotatable bonds is 0. The van der Waals surface area contributed by atoms with Crippen molar-refractivity contribution in [1.29, 1.82) is 0 Å². The summed E-state index contributed by atoms with van der Waals surface area (Å²) in [7, 11) is 0. The van der Waals surface area contributed by atoms with E-state index in [4.69, 9.17) is 16.3 Å². The van der Waals surface area contributed by atoms with Gasteiger partial charge in [-0.25, -0.2) is 0 Å². The van der Waals surface area contributed by atoms with E-state index in [9.17, 15) is 0 Å². The second-order valence-electron chi connectivity index (χ2n) is 2.35. The fraction of sp³-hybridized carbons (Fsp3) is 0.400. The van der Waals surface area contributed by atoms with Gasteiger partial charge in [-0.3, -0.25) is 0 Å². The molecule has 1 heterocycles. The van der Waals surface area contributed by atoms with Gasteiger partial charge < -0.3 is 4.74 Å². The van der Waals surface area contributed by atoms with E-state index in [-0.39, 0.29) is 0 Å². The molecule has 1 aliphatic rings. The molecule has 1 aromatic carbocycles. The maximum Gasteiger partial charge on any atom is 0.122 e. The Morgan fingerprint density at radius 1 is 1.33 bits per heavy atom. The second kappa shape index (κ2) is 4.36. The summed E-state index contributed by atoms with van der Waals surface area (Å²) in [5.41, 5.74) is 1.23. The van der Waals surface area contributed by atoms with Crippen LogP contribution in [0.2, 0.25) is 5.02 Å². The van der Waals surface area contributed by atoms with Crippen molar-refractivity contribution in [2.24, 2.45) is 0 Å². The monoisotopic (exact) mass is 184 g/mol. The molecule has 0 saturated heterocycles. The van der Waals surface area contributed by atoms with Crippen LogP contribution in [0.1, 0.15) is 19.4 Å². The quantitative estimate of drug-likeness (QED) is 0.601. The Labute approximate surface area is 78.3 Å². The van der Waals surface area contributed by atoms with Gasteiger partial charge >= 0.3 is 0 Å². The molecule has 0 saturated carbocycles. The second-order valence-corrected chi connectivity index (χ2v) is 2.79. The van der Waals surface area contributed by atoms with Crippen LogP contribution in [-0.2, 0) is 6.42 Å². The van der Waals surface area contributed by atoms with E-state index in [0.29, 0.717) is 0 Å². The van der Waals surface area contributed by atoms with E-state index in [2.05, 4.69) is 0 Å². The Bertz CT molecular complexity index is 258. The zero-order valence-electron chi connectivity index (χ0n) is 7.43. The summed E-state index contributed by atoms with van der Waals surface area (Å²) in [6.45, 7) is 4.80. The largest absolute Gasteiger partial charge is 0.493 e. The van der Waals surface area contributed by atoms with Crippen molar-refractivity contribution in [1.82, 2.24) is 0 Å². The summed E-state index contributed by atoms with van der Waals surface area (Å²) in [5.74, 6) is 0.990. The first-order valence-electron chi connectivity index (χ1n) is 4.27. The molecule has 0 bridgehead atoms. The van der Waals surface area contributed by atoms with Crippen LogP contribution in [0.15, 0.2) is 18.2 Å². The van der Waals surface area contributed by atoms with Gasteiger partial charge in [-0.05, 0) is 23.8 Å². The molecule has 0 radical (unpaired) electrons. The third-order valence-corrected chi connectivity index (χ3v) is 1.89. The third-order valence-electron chi connectivity index (χ3n) is 1.65. The molecule has 1 nitrogen and oxygen atoms in total. The van der Waals surface area contributed by atoms with Crippen LogP contribution < -0.4 is 4.74 Å². The average Bonchev–Trinajstić information content (AvgIpc) is 2.54. The maximum absolute atomic E-state index is 5.77. The van der Waals surface area contributed by atoms with E-state index in [1.165, 1.54) is 5.56 Å². The van der Waals surface area contributed by atoms with E-state index >= 15 is 0 Å². The van der Waals surface area contributed by atoms with E-state index in [1.54, 1.807) is 0 Å². The molecular weight excluding hydrogens is 172 g/mol. The third kappa shape index (κ3) is 1.92. The molecular formula is C10H13ClO. The van der Waals surface area contributed by atoms with Crippen LogP contribution in [-0.4, -0.2) is 6.61 Å². The molecule has 2 heteroatoms. The Balaban J connectivity index is 0.000000336. The zero-order chi connectivity index (χ0) is 8.97. The normalized spacial score (nSPS) is 12.6. The lowest BCUT2D eigenvalue weighted by Gasteiger charge is -1.96. The van der Waals surface area contributed by atoms with Gasteiger partial charge in [0, 0.05) is 11.4 Å². The van der Waals surface area contributed by atoms with Crippen LogP contribution >= 0.6 is 11.6 Å². The molecule has 0 N–H and O–H groups in total. The van der Waals surface area contributed by atoms with Gasteiger partial charge in [0.2, 0.25) is 0 Å². The smallest absolute Gasteiger partial charge is 0.122 e. The summed E-state index contributed by atoms with van der Waals surface area (Å²) in [6, 6.07) is 5.74. The number of hydrogen-bond donors (Lipinski definition) is 0. The summed E-state index contributed by atoms with van der Waals surface area (Å²) >= 11 is 5.77. The highest BCUT2D eigenvalue weighted by Crippen LogP contribution is 2.27. The SMILES string of the molecule is CC.Clc1ccc2c(c1)CCO2. The van der Waals surface area contributed by atoms with Gasteiger partial charge in [0.05, 0.1) is 6.61 Å². The summed E-state index contributed by atoms with van der Waals surface area (Å²) in [4.78, 5) is 0. The van der Waals surface area contributed by atoms with Crippen molar-refractivity contribution in [2.45, 2.75) is 20.3 Å². The zero-order valence-corrected chi connectivity index (χ0v) is 8.19. The Hall–Kier alpha value is -0.690. The minimum atomic E-state index is 0.796. The first-order chi connectivity index (χ1) is 5.86. The lowest BCUT2D eigenvalue weighted by atomic mass is 10.2. The van der Waals surface area contributed by atoms with Gasteiger partial charge in [0.1, 0.15) is 5.75 Å². The van der Waals surface area contributed by atoms with Crippen LogP contribution in [0.5, 0.6) is 5.75 Å². The van der Waals surface area contributed by atoms with Crippen molar-refractivity contribution >= 4 is 11.6 Å². The lowest BCUT2D eigenvalue weighted by Crippen LogP contribution is -1.85. The first kappa shape index (κ1) is 9.40. The molecule has 0 aromatic heterocycles. The lowest BCUT2D eigenvalue weighted by molar-refractivity contribution is 0.357. The minimum absolute atomic E-state index is 0.796. The summed E-state index contributed by atoms with van der Waals surface area (Å²) in [5, 5.41) is 0.796. The predicted molar refractivity (Wildman–Crippen MR) is 52.0 cm³/mol. The van der Waals surface area contributed by atoms with Gasteiger partial charge in [0.25, 0.3) is 0 Å². The van der Waals surface area contributed by atoms with Gasteiger partial charge in [-0.15, -0.1) is 0 Å². The van der Waals surface area contributed by atoms with Crippen LogP contribution in [0.3, 0.4) is 0 Å². The van der Waals surface area contributed by atoms with Crippen LogP contribution in [0.4, 0.5) is 0 Å². The fourth-order valence-corrected chi connectivity index (χ4v) is 1.35. The van der Waals surface area contributed by atoms with E-state index < -0.39 is 0 Å². The number of hydrogen-bond acceptors (Lipinski definition) is 1. The highest BCUT2D eigenvalue weighted by molar-refractivity contribution is 6.30. The molecule has 2 rings (SSSR count). The van der Waals surface area contributed by atoms with Crippen LogP contribution in [0, 0.1) is 0 Å². The number of ether oxygens (including phenoxy) is 1. The fourth-order valence-electron chi connectivity index (χ4n) is 1.16. The average molecular weight is 185 g/mol. The molecule has 1 aromatic rings. The maximum atomic E-state index is 5.77. The van der Waals surface area contributed by atoms with Crippen molar-refractivity contribution in [3.8, 4) is 5.75 Å². The number of benzene rings is 1. The number of halogens is 1. The van der Waals surface area contributed by atoms with Crippen molar-refractivity contribution < 1.29 is 4.74 Å². The van der Waals surface area contributed by atoms with Crippen LogP contribution in [0.25, 0.3) is 0 Å².